The highest BCUT2D eigenvalue weighted by molar-refractivity contribution is 6.16. The molecule has 1 aliphatic rings. The van der Waals surface area contributed by atoms with Crippen LogP contribution in [0.25, 0.3) is 54.8 Å². The van der Waals surface area contributed by atoms with Crippen molar-refractivity contribution in [3.8, 4) is 22.3 Å². The lowest BCUT2D eigenvalue weighted by Gasteiger charge is -2.25. The summed E-state index contributed by atoms with van der Waals surface area (Å²) in [5.41, 5.74) is 10.8. The number of aromatic nitrogens is 1. The van der Waals surface area contributed by atoms with Crippen LogP contribution in [0.1, 0.15) is 25.0 Å². The first-order valence-electron chi connectivity index (χ1n) is 11.7. The van der Waals surface area contributed by atoms with Crippen molar-refractivity contribution < 1.29 is 0 Å². The van der Waals surface area contributed by atoms with E-state index in [0.29, 0.717) is 0 Å². The fraction of sp³-hybridized carbons (Fsp3) is 0.125. The van der Waals surface area contributed by atoms with Crippen LogP contribution in [0.5, 0.6) is 0 Å². The molecule has 0 saturated heterocycles. The van der Waals surface area contributed by atoms with Gasteiger partial charge in [0.1, 0.15) is 0 Å². The lowest BCUT2D eigenvalue weighted by molar-refractivity contribution is 0.662. The first-order chi connectivity index (χ1) is 16.1. The third-order valence-corrected chi connectivity index (χ3v) is 7.76. The molecule has 1 heteroatoms. The molecular weight excluding hydrogens is 398 g/mol. The first-order valence-corrected chi connectivity index (χ1v) is 11.7. The molecule has 33 heavy (non-hydrogen) atoms. The molecule has 1 aliphatic carbocycles. The maximum absolute atomic E-state index is 2.39. The van der Waals surface area contributed by atoms with E-state index in [1.54, 1.807) is 0 Å². The van der Waals surface area contributed by atoms with Gasteiger partial charge in [0.25, 0.3) is 0 Å². The Morgan fingerprint density at radius 3 is 2.00 bits per heavy atom. The fourth-order valence-electron chi connectivity index (χ4n) is 6.25. The molecule has 1 heterocycles. The zero-order valence-electron chi connectivity index (χ0n) is 19.2. The summed E-state index contributed by atoms with van der Waals surface area (Å²) in [6.45, 7) is 4.74. The zero-order valence-corrected chi connectivity index (χ0v) is 19.2. The molecule has 0 bridgehead atoms. The van der Waals surface area contributed by atoms with Crippen LogP contribution >= 0.6 is 0 Å². The Morgan fingerprint density at radius 1 is 0.576 bits per heavy atom. The average Bonchev–Trinajstić information content (AvgIpc) is 3.26. The second-order valence-corrected chi connectivity index (χ2v) is 9.88. The maximum atomic E-state index is 2.39. The smallest absolute Gasteiger partial charge is 0.0568 e. The summed E-state index contributed by atoms with van der Waals surface area (Å²) < 4.78 is 2.39. The van der Waals surface area contributed by atoms with Gasteiger partial charge in [0, 0.05) is 34.3 Å². The van der Waals surface area contributed by atoms with Crippen molar-refractivity contribution in [2.75, 3.05) is 0 Å². The molecule has 0 fully saturated rings. The van der Waals surface area contributed by atoms with Crippen LogP contribution in [-0.4, -0.2) is 4.57 Å². The molecule has 1 nitrogen and oxygen atoms in total. The van der Waals surface area contributed by atoms with Gasteiger partial charge in [-0.1, -0.05) is 98.8 Å². The van der Waals surface area contributed by atoms with Gasteiger partial charge in [-0.3, -0.25) is 0 Å². The predicted molar refractivity (Wildman–Crippen MR) is 141 cm³/mol. The molecule has 0 aliphatic heterocycles. The van der Waals surface area contributed by atoms with Crippen molar-refractivity contribution in [2.45, 2.75) is 19.3 Å². The number of nitrogens with zero attached hydrogens (tertiary/aromatic N) is 1. The third kappa shape index (κ3) is 2.37. The summed E-state index contributed by atoms with van der Waals surface area (Å²) in [6, 6.07) is 35.9. The van der Waals surface area contributed by atoms with Gasteiger partial charge in [-0.2, -0.15) is 0 Å². The molecule has 0 N–H and O–H groups in total. The highest BCUT2D eigenvalue weighted by Gasteiger charge is 2.37. The molecule has 0 unspecified atom stereocenters. The van der Waals surface area contributed by atoms with E-state index >= 15 is 0 Å². The standard InChI is InChI=1S/C32H25N/c1-32(2)28-17-7-6-12-22(28)23-13-8-14-24(30(23)32)25-15-9-16-26-27-18-20-10-4-5-11-21(20)19-29(27)33(3)31(25)26/h4-19H,1-3H3. The molecule has 1 aromatic heterocycles. The topological polar surface area (TPSA) is 4.93 Å². The molecule has 0 radical (unpaired) electrons. The number of fused-ring (bicyclic) bond motifs is 7. The van der Waals surface area contributed by atoms with Gasteiger partial charge in [0.05, 0.1) is 5.52 Å². The minimum Gasteiger partial charge on any atom is -0.343 e. The van der Waals surface area contributed by atoms with Gasteiger partial charge >= 0.3 is 0 Å². The van der Waals surface area contributed by atoms with Crippen LogP contribution < -0.4 is 0 Å². The summed E-state index contributed by atoms with van der Waals surface area (Å²) in [5, 5.41) is 5.22. The van der Waals surface area contributed by atoms with Gasteiger partial charge in [-0.25, -0.2) is 0 Å². The number of rotatable bonds is 1. The SMILES string of the molecule is Cn1c2cc3ccccc3cc2c2cccc(-c3cccc4c3C(C)(C)c3ccccc3-4)c21. The molecule has 7 rings (SSSR count). The van der Waals surface area contributed by atoms with Crippen molar-refractivity contribution in [3.63, 3.8) is 0 Å². The lowest BCUT2D eigenvalue weighted by atomic mass is 9.78. The van der Waals surface area contributed by atoms with Crippen molar-refractivity contribution in [1.29, 1.82) is 0 Å². The molecule has 0 amide bonds. The molecular formula is C32H25N. The van der Waals surface area contributed by atoms with E-state index in [1.807, 2.05) is 0 Å². The van der Waals surface area contributed by atoms with E-state index in [0.717, 1.165) is 0 Å². The van der Waals surface area contributed by atoms with E-state index in [-0.39, 0.29) is 5.41 Å². The first kappa shape index (κ1) is 18.7. The zero-order chi connectivity index (χ0) is 22.3. The number of para-hydroxylation sites is 1. The summed E-state index contributed by atoms with van der Waals surface area (Å²) in [4.78, 5) is 0. The van der Waals surface area contributed by atoms with Gasteiger partial charge < -0.3 is 4.57 Å². The summed E-state index contributed by atoms with van der Waals surface area (Å²) in [7, 11) is 2.21. The average molecular weight is 424 g/mol. The molecule has 5 aromatic carbocycles. The van der Waals surface area contributed by atoms with Crippen LogP contribution in [0.2, 0.25) is 0 Å². The van der Waals surface area contributed by atoms with Crippen LogP contribution in [0.4, 0.5) is 0 Å². The van der Waals surface area contributed by atoms with Gasteiger partial charge in [-0.05, 0) is 50.7 Å². The number of aryl methyl sites for hydroxylation is 1. The van der Waals surface area contributed by atoms with Crippen molar-refractivity contribution in [3.05, 3.63) is 108 Å². The quantitative estimate of drug-likeness (QED) is 0.250. The van der Waals surface area contributed by atoms with Gasteiger partial charge in [-0.15, -0.1) is 0 Å². The number of hydrogen-bond donors (Lipinski definition) is 0. The number of hydrogen-bond acceptors (Lipinski definition) is 0. The second-order valence-electron chi connectivity index (χ2n) is 9.88. The Morgan fingerprint density at radius 2 is 1.18 bits per heavy atom. The Balaban J connectivity index is 1.59. The van der Waals surface area contributed by atoms with Crippen molar-refractivity contribution in [1.82, 2.24) is 4.57 Å². The highest BCUT2D eigenvalue weighted by Crippen LogP contribution is 2.52. The Hall–Kier alpha value is -3.84. The fourth-order valence-corrected chi connectivity index (χ4v) is 6.25. The largest absolute Gasteiger partial charge is 0.343 e. The van der Waals surface area contributed by atoms with Gasteiger partial charge in [0.15, 0.2) is 0 Å². The van der Waals surface area contributed by atoms with E-state index in [4.69, 9.17) is 0 Å². The summed E-state index contributed by atoms with van der Waals surface area (Å²) >= 11 is 0. The van der Waals surface area contributed by atoms with Crippen LogP contribution in [0, 0.1) is 0 Å². The maximum Gasteiger partial charge on any atom is 0.0568 e. The summed E-state index contributed by atoms with van der Waals surface area (Å²) in [5.74, 6) is 0. The van der Waals surface area contributed by atoms with Crippen LogP contribution in [0.3, 0.4) is 0 Å². The van der Waals surface area contributed by atoms with Gasteiger partial charge in [0.2, 0.25) is 0 Å². The Kier molecular flexibility index (Phi) is 3.60. The monoisotopic (exact) mass is 423 g/mol. The Labute approximate surface area is 193 Å². The normalized spacial score (nSPS) is 14.2. The van der Waals surface area contributed by atoms with E-state index < -0.39 is 0 Å². The third-order valence-electron chi connectivity index (χ3n) is 7.76. The molecule has 0 saturated carbocycles. The van der Waals surface area contributed by atoms with Crippen molar-refractivity contribution in [2.24, 2.45) is 7.05 Å². The molecule has 0 atom stereocenters. The minimum absolute atomic E-state index is 0.0377. The predicted octanol–water partition coefficient (Wildman–Crippen LogP) is 8.46. The van der Waals surface area contributed by atoms with Crippen LogP contribution in [0.15, 0.2) is 97.1 Å². The van der Waals surface area contributed by atoms with Crippen molar-refractivity contribution >= 4 is 32.6 Å². The molecule has 6 aromatic rings. The number of benzene rings is 5. The lowest BCUT2D eigenvalue weighted by Crippen LogP contribution is -2.16. The second kappa shape index (κ2) is 6.36. The minimum atomic E-state index is -0.0377. The van der Waals surface area contributed by atoms with Crippen LogP contribution in [-0.2, 0) is 12.5 Å². The summed E-state index contributed by atoms with van der Waals surface area (Å²) in [6.07, 6.45) is 0. The van der Waals surface area contributed by atoms with E-state index in [1.165, 1.54) is 66.0 Å². The highest BCUT2D eigenvalue weighted by atomic mass is 14.9. The molecule has 0 spiro atoms. The Bertz CT molecular complexity index is 1750. The van der Waals surface area contributed by atoms with E-state index in [2.05, 4.69) is 123 Å². The van der Waals surface area contributed by atoms with E-state index in [9.17, 15) is 0 Å². The molecule has 158 valence electrons.